The number of rotatable bonds is 5. The van der Waals surface area contributed by atoms with Crippen molar-refractivity contribution in [3.05, 3.63) is 0 Å². The average molecular weight is 307 g/mol. The van der Waals surface area contributed by atoms with Crippen molar-refractivity contribution in [3.8, 4) is 0 Å². The van der Waals surface area contributed by atoms with E-state index in [-0.39, 0.29) is 11.8 Å². The second kappa shape index (κ2) is 6.57. The largest absolute Gasteiger partial charge is 0.352 e. The van der Waals surface area contributed by atoms with E-state index in [1.165, 1.54) is 12.8 Å². The number of nitrogens with one attached hydrogen (secondary N) is 1. The van der Waals surface area contributed by atoms with Gasteiger partial charge in [-0.3, -0.25) is 14.5 Å². The van der Waals surface area contributed by atoms with Gasteiger partial charge in [0.05, 0.1) is 6.54 Å². The molecule has 1 N–H and O–H groups in total. The third-order valence-electron chi connectivity index (χ3n) is 5.63. The minimum absolute atomic E-state index is 0.152. The molecule has 5 nitrogen and oxygen atoms in total. The van der Waals surface area contributed by atoms with Crippen LogP contribution in [0.5, 0.6) is 0 Å². The number of amides is 2. The molecule has 3 rings (SSSR count). The van der Waals surface area contributed by atoms with Gasteiger partial charge in [-0.2, -0.15) is 0 Å². The SMILES string of the molecule is CC(=O)N1CCC[C@@H]1[C@H]1CCCN1CC(=O)N[C@@H](C)C1CC1. The first-order valence-corrected chi connectivity index (χ1v) is 8.87. The molecule has 0 bridgehead atoms. The maximum absolute atomic E-state index is 12.3. The van der Waals surface area contributed by atoms with Crippen molar-refractivity contribution in [2.75, 3.05) is 19.6 Å². The van der Waals surface area contributed by atoms with E-state index in [4.69, 9.17) is 0 Å². The molecule has 0 unspecified atom stereocenters. The number of carbonyl (C=O) groups is 2. The summed E-state index contributed by atoms with van der Waals surface area (Å²) in [6.07, 6.45) is 6.94. The molecule has 3 fully saturated rings. The predicted molar refractivity (Wildman–Crippen MR) is 85.3 cm³/mol. The molecule has 3 aliphatic rings. The fraction of sp³-hybridized carbons (Fsp3) is 0.882. The van der Waals surface area contributed by atoms with Crippen LogP contribution in [0, 0.1) is 5.92 Å². The first-order valence-electron chi connectivity index (χ1n) is 8.87. The first-order chi connectivity index (χ1) is 10.6. The van der Waals surface area contributed by atoms with E-state index in [0.717, 1.165) is 38.8 Å². The molecule has 2 amide bonds. The van der Waals surface area contributed by atoms with Crippen LogP contribution in [-0.4, -0.2) is 59.4 Å². The van der Waals surface area contributed by atoms with Gasteiger partial charge in [0.2, 0.25) is 11.8 Å². The molecule has 1 aliphatic carbocycles. The maximum atomic E-state index is 12.3. The predicted octanol–water partition coefficient (Wildman–Crippen LogP) is 1.38. The van der Waals surface area contributed by atoms with Gasteiger partial charge in [0, 0.05) is 31.6 Å². The number of carbonyl (C=O) groups excluding carboxylic acids is 2. The molecule has 1 saturated carbocycles. The molecular formula is C17H29N3O2. The Balaban J connectivity index is 1.55. The number of hydrogen-bond donors (Lipinski definition) is 1. The van der Waals surface area contributed by atoms with Gasteiger partial charge < -0.3 is 10.2 Å². The smallest absolute Gasteiger partial charge is 0.234 e. The van der Waals surface area contributed by atoms with Gasteiger partial charge in [-0.05, 0) is 57.9 Å². The molecule has 3 atom stereocenters. The highest BCUT2D eigenvalue weighted by Gasteiger charge is 2.39. The first kappa shape index (κ1) is 15.8. The van der Waals surface area contributed by atoms with Crippen LogP contribution in [0.1, 0.15) is 52.4 Å². The zero-order chi connectivity index (χ0) is 15.7. The Labute approximate surface area is 133 Å². The highest BCUT2D eigenvalue weighted by molar-refractivity contribution is 5.78. The molecule has 0 radical (unpaired) electrons. The molecule has 0 aromatic carbocycles. The minimum atomic E-state index is 0.152. The Morgan fingerprint density at radius 1 is 1.09 bits per heavy atom. The van der Waals surface area contributed by atoms with E-state index < -0.39 is 0 Å². The van der Waals surface area contributed by atoms with Crippen LogP contribution in [0.2, 0.25) is 0 Å². The van der Waals surface area contributed by atoms with Crippen LogP contribution in [0.4, 0.5) is 0 Å². The molecule has 124 valence electrons. The van der Waals surface area contributed by atoms with Gasteiger partial charge in [0.15, 0.2) is 0 Å². The van der Waals surface area contributed by atoms with Crippen molar-refractivity contribution < 1.29 is 9.59 Å². The lowest BCUT2D eigenvalue weighted by molar-refractivity contribution is -0.130. The summed E-state index contributed by atoms with van der Waals surface area (Å²) in [5.41, 5.74) is 0. The molecule has 2 saturated heterocycles. The van der Waals surface area contributed by atoms with Gasteiger partial charge in [-0.15, -0.1) is 0 Å². The number of hydrogen-bond acceptors (Lipinski definition) is 3. The van der Waals surface area contributed by atoms with Crippen molar-refractivity contribution in [2.24, 2.45) is 5.92 Å². The van der Waals surface area contributed by atoms with E-state index in [2.05, 4.69) is 17.1 Å². The lowest BCUT2D eigenvalue weighted by Crippen LogP contribution is -2.50. The van der Waals surface area contributed by atoms with Crippen molar-refractivity contribution >= 4 is 11.8 Å². The molecule has 5 heteroatoms. The van der Waals surface area contributed by atoms with E-state index in [1.807, 2.05) is 4.90 Å². The van der Waals surface area contributed by atoms with Gasteiger partial charge in [0.1, 0.15) is 0 Å². The Kier molecular flexibility index (Phi) is 4.71. The molecule has 22 heavy (non-hydrogen) atoms. The molecular weight excluding hydrogens is 278 g/mol. The van der Waals surface area contributed by atoms with Crippen LogP contribution in [0.15, 0.2) is 0 Å². The van der Waals surface area contributed by atoms with Crippen molar-refractivity contribution in [1.29, 1.82) is 0 Å². The Bertz CT molecular complexity index is 436. The minimum Gasteiger partial charge on any atom is -0.352 e. The molecule has 0 spiro atoms. The van der Waals surface area contributed by atoms with Crippen molar-refractivity contribution in [3.63, 3.8) is 0 Å². The van der Waals surface area contributed by atoms with Crippen molar-refractivity contribution in [2.45, 2.75) is 70.5 Å². The fourth-order valence-electron chi connectivity index (χ4n) is 4.27. The van der Waals surface area contributed by atoms with Gasteiger partial charge in [-0.25, -0.2) is 0 Å². The van der Waals surface area contributed by atoms with E-state index in [0.29, 0.717) is 30.6 Å². The third-order valence-corrected chi connectivity index (χ3v) is 5.63. The van der Waals surface area contributed by atoms with Crippen LogP contribution < -0.4 is 5.32 Å². The fourth-order valence-corrected chi connectivity index (χ4v) is 4.27. The van der Waals surface area contributed by atoms with Crippen LogP contribution >= 0.6 is 0 Å². The standard InChI is InChI=1S/C17H29N3O2/c1-12(14-7-8-14)18-17(22)11-19-9-3-5-15(19)16-6-4-10-20(16)13(2)21/h12,14-16H,3-11H2,1-2H3,(H,18,22)/t12-,15+,16+/m0/s1. The van der Waals surface area contributed by atoms with Gasteiger partial charge >= 0.3 is 0 Å². The Morgan fingerprint density at radius 2 is 1.77 bits per heavy atom. The molecule has 0 aromatic heterocycles. The Hall–Kier alpha value is -1.10. The van der Waals surface area contributed by atoms with Crippen LogP contribution in [0.3, 0.4) is 0 Å². The normalized spacial score (nSPS) is 30.5. The lowest BCUT2D eigenvalue weighted by Gasteiger charge is -2.34. The van der Waals surface area contributed by atoms with Gasteiger partial charge in [-0.1, -0.05) is 0 Å². The third kappa shape index (κ3) is 3.45. The van der Waals surface area contributed by atoms with E-state index in [1.54, 1.807) is 6.92 Å². The zero-order valence-electron chi connectivity index (χ0n) is 13.9. The van der Waals surface area contributed by atoms with E-state index in [9.17, 15) is 9.59 Å². The van der Waals surface area contributed by atoms with Crippen molar-refractivity contribution in [1.82, 2.24) is 15.1 Å². The lowest BCUT2D eigenvalue weighted by atomic mass is 10.0. The maximum Gasteiger partial charge on any atom is 0.234 e. The molecule has 2 heterocycles. The number of likely N-dealkylation sites (tertiary alicyclic amines) is 2. The summed E-state index contributed by atoms with van der Waals surface area (Å²) >= 11 is 0. The summed E-state index contributed by atoms with van der Waals surface area (Å²) in [7, 11) is 0. The number of nitrogens with zero attached hydrogens (tertiary/aromatic N) is 2. The summed E-state index contributed by atoms with van der Waals surface area (Å²) < 4.78 is 0. The summed E-state index contributed by atoms with van der Waals surface area (Å²) in [6, 6.07) is 0.996. The van der Waals surface area contributed by atoms with Crippen LogP contribution in [0.25, 0.3) is 0 Å². The second-order valence-corrected chi connectivity index (χ2v) is 7.30. The summed E-state index contributed by atoms with van der Waals surface area (Å²) in [6.45, 7) is 6.14. The highest BCUT2D eigenvalue weighted by Crippen LogP contribution is 2.32. The topological polar surface area (TPSA) is 52.7 Å². The Morgan fingerprint density at radius 3 is 2.45 bits per heavy atom. The molecule has 2 aliphatic heterocycles. The summed E-state index contributed by atoms with van der Waals surface area (Å²) in [4.78, 5) is 28.4. The summed E-state index contributed by atoms with van der Waals surface area (Å²) in [5.74, 6) is 1.03. The quantitative estimate of drug-likeness (QED) is 0.835. The van der Waals surface area contributed by atoms with E-state index >= 15 is 0 Å². The zero-order valence-corrected chi connectivity index (χ0v) is 13.9. The summed E-state index contributed by atoms with van der Waals surface area (Å²) in [5, 5.41) is 3.15. The highest BCUT2D eigenvalue weighted by atomic mass is 16.2. The van der Waals surface area contributed by atoms with Gasteiger partial charge in [0.25, 0.3) is 0 Å². The molecule has 0 aromatic rings. The average Bonchev–Trinajstić information content (AvgIpc) is 3.03. The second-order valence-electron chi connectivity index (χ2n) is 7.30. The van der Waals surface area contributed by atoms with Crippen LogP contribution in [-0.2, 0) is 9.59 Å². The monoisotopic (exact) mass is 307 g/mol.